The Labute approximate surface area is 135 Å². The maximum Gasteiger partial charge on any atom is 0.390 e. The van der Waals surface area contributed by atoms with Crippen molar-refractivity contribution in [2.45, 2.75) is 19.9 Å². The molecule has 0 fully saturated rings. The quantitative estimate of drug-likeness (QED) is 0.423. The van der Waals surface area contributed by atoms with E-state index in [-0.39, 0.29) is 11.9 Å². The molecule has 0 unspecified atom stereocenters. The number of hydrogen-bond acceptors (Lipinski definition) is 6. The van der Waals surface area contributed by atoms with Gasteiger partial charge in [-0.3, -0.25) is 0 Å². The van der Waals surface area contributed by atoms with Gasteiger partial charge in [-0.2, -0.15) is 4.68 Å². The van der Waals surface area contributed by atoms with E-state index in [2.05, 4.69) is 20.2 Å². The molecule has 9 heteroatoms. The maximum absolute atomic E-state index is 10.9. The summed E-state index contributed by atoms with van der Waals surface area (Å²) in [6, 6.07) is 8.78. The number of para-hydroxylation sites is 1. The summed E-state index contributed by atoms with van der Waals surface area (Å²) in [4.78, 5) is 19.3. The van der Waals surface area contributed by atoms with Gasteiger partial charge in [0.15, 0.2) is 11.5 Å². The van der Waals surface area contributed by atoms with E-state index < -0.39 is 4.92 Å². The summed E-state index contributed by atoms with van der Waals surface area (Å²) >= 11 is 0. The first kappa shape index (κ1) is 14.2. The molecular formula is C15H13N7O2. The number of hydrogen-bond donors (Lipinski definition) is 0. The van der Waals surface area contributed by atoms with Crippen molar-refractivity contribution in [3.8, 4) is 0 Å². The van der Waals surface area contributed by atoms with E-state index in [4.69, 9.17) is 0 Å². The summed E-state index contributed by atoms with van der Waals surface area (Å²) in [7, 11) is 0. The molecule has 3 aromatic heterocycles. The van der Waals surface area contributed by atoms with Crippen molar-refractivity contribution in [3.05, 3.63) is 58.3 Å². The minimum absolute atomic E-state index is 0.185. The Balaban J connectivity index is 1.84. The molecule has 0 saturated carbocycles. The second-order valence-corrected chi connectivity index (χ2v) is 5.52. The molecule has 1 aromatic carbocycles. The van der Waals surface area contributed by atoms with Crippen LogP contribution in [0.3, 0.4) is 0 Å². The van der Waals surface area contributed by atoms with Crippen molar-refractivity contribution in [3.63, 3.8) is 0 Å². The van der Waals surface area contributed by atoms with Gasteiger partial charge in [-0.1, -0.05) is 12.1 Å². The fourth-order valence-electron chi connectivity index (χ4n) is 2.73. The predicted octanol–water partition coefficient (Wildman–Crippen LogP) is 2.30. The van der Waals surface area contributed by atoms with Gasteiger partial charge in [0, 0.05) is 5.39 Å². The molecule has 0 spiro atoms. The van der Waals surface area contributed by atoms with Gasteiger partial charge in [0.25, 0.3) is 0 Å². The molecule has 4 aromatic rings. The Morgan fingerprint density at radius 3 is 2.79 bits per heavy atom. The molecule has 0 N–H and O–H groups in total. The molecule has 0 amide bonds. The Hall–Kier alpha value is -3.36. The number of benzene rings is 1. The second-order valence-electron chi connectivity index (χ2n) is 5.52. The smallest absolute Gasteiger partial charge is 0.358 e. The van der Waals surface area contributed by atoms with Gasteiger partial charge in [0.1, 0.15) is 12.4 Å². The number of aromatic nitrogens is 6. The molecule has 4 rings (SSSR count). The number of nitrogens with zero attached hydrogens (tertiary/aromatic N) is 7. The van der Waals surface area contributed by atoms with Gasteiger partial charge in [0.05, 0.1) is 22.4 Å². The van der Waals surface area contributed by atoms with E-state index in [1.165, 1.54) is 6.07 Å². The molecule has 0 bridgehead atoms. The van der Waals surface area contributed by atoms with Gasteiger partial charge in [-0.05, 0) is 30.9 Å². The summed E-state index contributed by atoms with van der Waals surface area (Å²) in [5, 5.41) is 20.3. The average molecular weight is 323 g/mol. The van der Waals surface area contributed by atoms with Crippen LogP contribution in [0.1, 0.15) is 24.5 Å². The molecule has 0 saturated heterocycles. The van der Waals surface area contributed by atoms with Crippen molar-refractivity contribution in [2.24, 2.45) is 0 Å². The van der Waals surface area contributed by atoms with Gasteiger partial charge in [0.2, 0.25) is 0 Å². The lowest BCUT2D eigenvalue weighted by Crippen LogP contribution is -2.12. The van der Waals surface area contributed by atoms with Gasteiger partial charge in [-0.25, -0.2) is 14.5 Å². The lowest BCUT2D eigenvalue weighted by Gasteiger charge is -2.05. The molecule has 0 radical (unpaired) electrons. The Kier molecular flexibility index (Phi) is 3.02. The normalized spacial score (nSPS) is 12.8. The summed E-state index contributed by atoms with van der Waals surface area (Å²) in [5.41, 5.74) is 2.21. The number of nitro groups is 1. The minimum Gasteiger partial charge on any atom is -0.358 e. The molecule has 1 atom stereocenters. The van der Waals surface area contributed by atoms with E-state index in [1.807, 2.05) is 31.2 Å². The van der Waals surface area contributed by atoms with Crippen LogP contribution in [0.25, 0.3) is 16.6 Å². The summed E-state index contributed by atoms with van der Waals surface area (Å²) in [6.45, 7) is 3.62. The van der Waals surface area contributed by atoms with Crippen molar-refractivity contribution < 1.29 is 4.92 Å². The molecule has 0 aliphatic rings. The van der Waals surface area contributed by atoms with Crippen LogP contribution in [-0.4, -0.2) is 34.3 Å². The average Bonchev–Trinajstić information content (AvgIpc) is 3.18. The number of rotatable bonds is 3. The van der Waals surface area contributed by atoms with E-state index >= 15 is 0 Å². The van der Waals surface area contributed by atoms with E-state index in [0.29, 0.717) is 17.2 Å². The van der Waals surface area contributed by atoms with Crippen LogP contribution in [0.4, 0.5) is 5.82 Å². The van der Waals surface area contributed by atoms with Crippen molar-refractivity contribution in [1.82, 2.24) is 29.4 Å². The van der Waals surface area contributed by atoms with Crippen molar-refractivity contribution >= 4 is 22.4 Å². The fraction of sp³-hybridized carbons (Fsp3) is 0.200. The molecule has 0 aliphatic carbocycles. The number of aryl methyl sites for hydroxylation is 1. The predicted molar refractivity (Wildman–Crippen MR) is 85.7 cm³/mol. The summed E-state index contributed by atoms with van der Waals surface area (Å²) in [5.74, 6) is 0.337. The van der Waals surface area contributed by atoms with Crippen molar-refractivity contribution in [2.75, 3.05) is 0 Å². The molecule has 9 nitrogen and oxygen atoms in total. The zero-order valence-corrected chi connectivity index (χ0v) is 13.0. The van der Waals surface area contributed by atoms with E-state index in [1.54, 1.807) is 22.4 Å². The monoisotopic (exact) mass is 323 g/mol. The zero-order valence-electron chi connectivity index (χ0n) is 13.0. The highest BCUT2D eigenvalue weighted by Crippen LogP contribution is 2.22. The first-order valence-corrected chi connectivity index (χ1v) is 7.35. The van der Waals surface area contributed by atoms with Crippen LogP contribution < -0.4 is 0 Å². The first-order valence-electron chi connectivity index (χ1n) is 7.35. The summed E-state index contributed by atoms with van der Waals surface area (Å²) in [6.07, 6.45) is 1.61. The van der Waals surface area contributed by atoms with Gasteiger partial charge in [-0.15, -0.1) is 5.10 Å². The SMILES string of the molecule is Cc1cc([N+](=O)[O-])nn1[C@H](C)c1nc2c3ccccc3ncn2n1. The molecule has 120 valence electrons. The van der Waals surface area contributed by atoms with Crippen LogP contribution >= 0.6 is 0 Å². The fourth-order valence-corrected chi connectivity index (χ4v) is 2.73. The van der Waals surface area contributed by atoms with Crippen LogP contribution in [-0.2, 0) is 0 Å². The van der Waals surface area contributed by atoms with Crippen molar-refractivity contribution in [1.29, 1.82) is 0 Å². The van der Waals surface area contributed by atoms with Crippen LogP contribution in [0, 0.1) is 17.0 Å². The third-order valence-electron chi connectivity index (χ3n) is 3.94. The highest BCUT2D eigenvalue weighted by atomic mass is 16.6. The first-order chi connectivity index (χ1) is 11.5. The van der Waals surface area contributed by atoms with E-state index in [9.17, 15) is 10.1 Å². The minimum atomic E-state index is -0.509. The van der Waals surface area contributed by atoms with Crippen LogP contribution in [0.2, 0.25) is 0 Å². The Morgan fingerprint density at radius 1 is 1.25 bits per heavy atom. The highest BCUT2D eigenvalue weighted by Gasteiger charge is 2.24. The second kappa shape index (κ2) is 5.08. The maximum atomic E-state index is 10.9. The lowest BCUT2D eigenvalue weighted by atomic mass is 10.2. The lowest BCUT2D eigenvalue weighted by molar-refractivity contribution is -0.389. The van der Waals surface area contributed by atoms with E-state index in [0.717, 1.165) is 10.9 Å². The molecular weight excluding hydrogens is 310 g/mol. The Morgan fingerprint density at radius 2 is 2.04 bits per heavy atom. The third-order valence-corrected chi connectivity index (χ3v) is 3.94. The van der Waals surface area contributed by atoms with Gasteiger partial charge >= 0.3 is 5.82 Å². The topological polar surface area (TPSA) is 104 Å². The zero-order chi connectivity index (χ0) is 16.8. The van der Waals surface area contributed by atoms with Crippen LogP contribution in [0.15, 0.2) is 36.7 Å². The largest absolute Gasteiger partial charge is 0.390 e. The highest BCUT2D eigenvalue weighted by molar-refractivity contribution is 5.90. The molecule has 3 heterocycles. The van der Waals surface area contributed by atoms with Crippen LogP contribution in [0.5, 0.6) is 0 Å². The Bertz CT molecular complexity index is 1080. The standard InChI is InChI=1S/C15H13N7O2/c1-9-7-13(22(23)24)18-21(9)10(2)14-17-15-11-5-3-4-6-12(11)16-8-20(15)19-14/h3-8,10H,1-2H3/t10-/m1/s1. The molecule has 24 heavy (non-hydrogen) atoms. The third kappa shape index (κ3) is 2.09. The van der Waals surface area contributed by atoms with Gasteiger partial charge < -0.3 is 10.1 Å². The molecule has 0 aliphatic heterocycles. The number of fused-ring (bicyclic) bond motifs is 3. The summed E-state index contributed by atoms with van der Waals surface area (Å²) < 4.78 is 3.17.